The molecule has 0 spiro atoms. The number of rotatable bonds is 4. The molecule has 0 aliphatic rings. The van der Waals surface area contributed by atoms with E-state index in [1.165, 1.54) is 0 Å². The number of nitrogens with two attached hydrogens (primary N) is 2. The number of nitrogens with zero attached hydrogens (tertiary/aromatic N) is 4. The second-order valence-corrected chi connectivity index (χ2v) is 4.04. The standard InChI is InChI=1S/C12H16N8/c1-8-3-2-4-10(18-8)7-17-12-15-5-9(6-16-12)11(19-13)20-14/h2-6H,7,13-14H2,1H3,(H,19,20)(H,15,16,17). The molecule has 0 aliphatic carbocycles. The van der Waals surface area contributed by atoms with Gasteiger partial charge >= 0.3 is 0 Å². The summed E-state index contributed by atoms with van der Waals surface area (Å²) in [5, 5.41) is 6.56. The molecule has 0 amide bonds. The van der Waals surface area contributed by atoms with Gasteiger partial charge in [0, 0.05) is 18.1 Å². The van der Waals surface area contributed by atoms with Gasteiger partial charge in [-0.1, -0.05) is 6.07 Å². The number of hydrogen-bond donors (Lipinski definition) is 4. The topological polar surface area (TPSA) is 127 Å². The maximum absolute atomic E-state index is 5.26. The largest absolute Gasteiger partial charge is 0.349 e. The monoisotopic (exact) mass is 272 g/mol. The highest BCUT2D eigenvalue weighted by Gasteiger charge is 2.03. The fraction of sp³-hybridized carbons (Fsp3) is 0.167. The normalized spacial score (nSPS) is 11.2. The van der Waals surface area contributed by atoms with Gasteiger partial charge in [-0.05, 0) is 19.1 Å². The molecule has 0 atom stereocenters. The Morgan fingerprint density at radius 2 is 2.05 bits per heavy atom. The first kappa shape index (κ1) is 13.7. The van der Waals surface area contributed by atoms with Crippen LogP contribution in [0.15, 0.2) is 35.7 Å². The molecule has 0 fully saturated rings. The van der Waals surface area contributed by atoms with Gasteiger partial charge in [0.05, 0.1) is 17.8 Å². The minimum atomic E-state index is 0.317. The third-order valence-electron chi connectivity index (χ3n) is 2.56. The molecule has 0 bridgehead atoms. The molecule has 0 aromatic carbocycles. The first-order valence-electron chi connectivity index (χ1n) is 5.96. The molecule has 8 heteroatoms. The molecule has 0 aliphatic heterocycles. The van der Waals surface area contributed by atoms with Crippen LogP contribution >= 0.6 is 0 Å². The van der Waals surface area contributed by atoms with Crippen LogP contribution in [0.1, 0.15) is 17.0 Å². The minimum absolute atomic E-state index is 0.317. The third-order valence-corrected chi connectivity index (χ3v) is 2.56. The van der Waals surface area contributed by atoms with E-state index in [1.54, 1.807) is 12.4 Å². The predicted octanol–water partition coefficient (Wildman–Crippen LogP) is -0.124. The van der Waals surface area contributed by atoms with E-state index in [9.17, 15) is 0 Å². The third kappa shape index (κ3) is 3.39. The maximum atomic E-state index is 5.26. The van der Waals surface area contributed by atoms with E-state index in [0.717, 1.165) is 11.4 Å². The first-order valence-corrected chi connectivity index (χ1v) is 5.96. The van der Waals surface area contributed by atoms with Gasteiger partial charge in [0.15, 0.2) is 5.84 Å². The van der Waals surface area contributed by atoms with Crippen LogP contribution < -0.4 is 22.4 Å². The molecule has 0 radical (unpaired) electrons. The molecule has 6 N–H and O–H groups in total. The van der Waals surface area contributed by atoms with Gasteiger partial charge in [0.2, 0.25) is 5.95 Å². The van der Waals surface area contributed by atoms with Gasteiger partial charge in [-0.15, -0.1) is 0 Å². The fourth-order valence-electron chi connectivity index (χ4n) is 1.60. The molecule has 0 saturated heterocycles. The molecule has 8 nitrogen and oxygen atoms in total. The lowest BCUT2D eigenvalue weighted by atomic mass is 10.3. The van der Waals surface area contributed by atoms with Gasteiger partial charge in [-0.25, -0.2) is 15.8 Å². The Labute approximate surface area is 116 Å². The number of hydrazine groups is 1. The van der Waals surface area contributed by atoms with Gasteiger partial charge in [-0.2, -0.15) is 5.10 Å². The minimum Gasteiger partial charge on any atom is -0.349 e. The summed E-state index contributed by atoms with van der Waals surface area (Å²) in [4.78, 5) is 12.7. The maximum Gasteiger partial charge on any atom is 0.222 e. The van der Waals surface area contributed by atoms with Crippen LogP contribution in [0.25, 0.3) is 0 Å². The van der Waals surface area contributed by atoms with Gasteiger partial charge in [-0.3, -0.25) is 4.98 Å². The molecular weight excluding hydrogens is 256 g/mol. The molecule has 104 valence electrons. The predicted molar refractivity (Wildman–Crippen MR) is 76.4 cm³/mol. The van der Waals surface area contributed by atoms with E-state index < -0.39 is 0 Å². The fourth-order valence-corrected chi connectivity index (χ4v) is 1.60. The zero-order chi connectivity index (χ0) is 14.4. The van der Waals surface area contributed by atoms with Gasteiger partial charge in [0.25, 0.3) is 0 Å². The summed E-state index contributed by atoms with van der Waals surface area (Å²) in [6.07, 6.45) is 3.15. The SMILES string of the molecule is Cc1cccc(CNc2ncc(/C(=N/N)NN)cn2)n1. The lowest BCUT2D eigenvalue weighted by molar-refractivity contribution is 0.973. The van der Waals surface area contributed by atoms with Crippen molar-refractivity contribution in [3.05, 3.63) is 47.5 Å². The number of nitrogens with one attached hydrogen (secondary N) is 2. The zero-order valence-electron chi connectivity index (χ0n) is 11.0. The molecule has 2 aromatic heterocycles. The average molecular weight is 272 g/mol. The molecule has 0 saturated carbocycles. The molecule has 2 heterocycles. The van der Waals surface area contributed by atoms with Crippen molar-refractivity contribution in [3.63, 3.8) is 0 Å². The number of anilines is 1. The second kappa shape index (κ2) is 6.43. The molecule has 20 heavy (non-hydrogen) atoms. The Balaban J connectivity index is 2.01. The zero-order valence-corrected chi connectivity index (χ0v) is 11.0. The van der Waals surface area contributed by atoms with Crippen molar-refractivity contribution in [1.29, 1.82) is 0 Å². The number of aryl methyl sites for hydroxylation is 1. The summed E-state index contributed by atoms with van der Waals surface area (Å²) < 4.78 is 0. The highest BCUT2D eigenvalue weighted by atomic mass is 15.3. The highest BCUT2D eigenvalue weighted by Crippen LogP contribution is 2.04. The van der Waals surface area contributed by atoms with Crippen LogP contribution in [0.5, 0.6) is 0 Å². The Bertz CT molecular complexity index is 593. The summed E-state index contributed by atoms with van der Waals surface area (Å²) >= 11 is 0. The Morgan fingerprint density at radius 3 is 2.65 bits per heavy atom. The van der Waals surface area contributed by atoms with Crippen molar-refractivity contribution >= 4 is 11.8 Å². The quantitative estimate of drug-likeness (QED) is 0.264. The van der Waals surface area contributed by atoms with Crippen LogP contribution in [0.3, 0.4) is 0 Å². The number of hydrazone groups is 1. The van der Waals surface area contributed by atoms with E-state index in [4.69, 9.17) is 11.7 Å². The average Bonchev–Trinajstić information content (AvgIpc) is 2.48. The lowest BCUT2D eigenvalue weighted by Crippen LogP contribution is -2.32. The highest BCUT2D eigenvalue weighted by molar-refractivity contribution is 5.97. The number of aromatic nitrogens is 3. The summed E-state index contributed by atoms with van der Waals surface area (Å²) in [5.41, 5.74) is 4.86. The van der Waals surface area contributed by atoms with Crippen LogP contribution in [-0.2, 0) is 6.54 Å². The number of hydrogen-bond acceptors (Lipinski definition) is 7. The summed E-state index contributed by atoms with van der Waals surface area (Å²) in [5.74, 6) is 11.2. The summed E-state index contributed by atoms with van der Waals surface area (Å²) in [6, 6.07) is 5.84. The molecular formula is C12H16N8. The van der Waals surface area contributed by atoms with Crippen molar-refractivity contribution in [1.82, 2.24) is 20.4 Å². The molecule has 2 aromatic rings. The van der Waals surface area contributed by atoms with Gasteiger partial charge < -0.3 is 16.6 Å². The Morgan fingerprint density at radius 1 is 1.30 bits per heavy atom. The van der Waals surface area contributed by atoms with Crippen molar-refractivity contribution < 1.29 is 0 Å². The molecule has 0 unspecified atom stereocenters. The van der Waals surface area contributed by atoms with Gasteiger partial charge in [0.1, 0.15) is 0 Å². The smallest absolute Gasteiger partial charge is 0.222 e. The van der Waals surface area contributed by atoms with E-state index >= 15 is 0 Å². The number of pyridine rings is 1. The van der Waals surface area contributed by atoms with E-state index in [2.05, 4.69) is 30.8 Å². The van der Waals surface area contributed by atoms with E-state index in [-0.39, 0.29) is 0 Å². The van der Waals surface area contributed by atoms with Crippen LogP contribution in [0.4, 0.5) is 5.95 Å². The van der Waals surface area contributed by atoms with Crippen LogP contribution in [0, 0.1) is 6.92 Å². The van der Waals surface area contributed by atoms with Crippen molar-refractivity contribution in [2.24, 2.45) is 16.8 Å². The Kier molecular flexibility index (Phi) is 4.40. The summed E-state index contributed by atoms with van der Waals surface area (Å²) in [7, 11) is 0. The van der Waals surface area contributed by atoms with Crippen LogP contribution in [0.2, 0.25) is 0 Å². The lowest BCUT2D eigenvalue weighted by Gasteiger charge is -2.06. The van der Waals surface area contributed by atoms with Crippen molar-refractivity contribution in [2.45, 2.75) is 13.5 Å². The first-order chi connectivity index (χ1) is 9.72. The summed E-state index contributed by atoms with van der Waals surface area (Å²) in [6.45, 7) is 2.50. The van der Waals surface area contributed by atoms with Crippen molar-refractivity contribution in [3.8, 4) is 0 Å². The molecule has 2 rings (SSSR count). The number of amidine groups is 1. The Hall–Kier alpha value is -2.74. The van der Waals surface area contributed by atoms with E-state index in [0.29, 0.717) is 23.9 Å². The van der Waals surface area contributed by atoms with Crippen molar-refractivity contribution in [2.75, 3.05) is 5.32 Å². The van der Waals surface area contributed by atoms with E-state index in [1.807, 2.05) is 25.1 Å². The van der Waals surface area contributed by atoms with Crippen LogP contribution in [-0.4, -0.2) is 20.8 Å². The second-order valence-electron chi connectivity index (χ2n) is 4.04.